The number of nitro groups is 1. The molecule has 0 bridgehead atoms. The van der Waals surface area contributed by atoms with Crippen molar-refractivity contribution in [3.05, 3.63) is 102 Å². The summed E-state index contributed by atoms with van der Waals surface area (Å²) in [6.45, 7) is 2.16. The Bertz CT molecular complexity index is 1700. The zero-order chi connectivity index (χ0) is 28.6. The summed E-state index contributed by atoms with van der Waals surface area (Å²) in [7, 11) is 3.07. The number of halogens is 1. The van der Waals surface area contributed by atoms with E-state index in [0.29, 0.717) is 35.8 Å². The summed E-state index contributed by atoms with van der Waals surface area (Å²) in [5.74, 6) is 1.01. The van der Waals surface area contributed by atoms with E-state index in [-0.39, 0.29) is 22.9 Å². The van der Waals surface area contributed by atoms with Crippen molar-refractivity contribution in [1.82, 2.24) is 4.90 Å². The Labute approximate surface area is 233 Å². The van der Waals surface area contributed by atoms with Gasteiger partial charge in [-0.3, -0.25) is 14.9 Å². The van der Waals surface area contributed by atoms with Crippen LogP contribution in [0.5, 0.6) is 17.2 Å². The van der Waals surface area contributed by atoms with Crippen LogP contribution in [0.4, 0.5) is 5.69 Å². The van der Waals surface area contributed by atoms with Gasteiger partial charge in [-0.05, 0) is 60.4 Å². The summed E-state index contributed by atoms with van der Waals surface area (Å²) >= 11 is 6.33. The fraction of sp³-hybridized carbons (Fsp3) is 0.241. The molecule has 40 heavy (non-hydrogen) atoms. The van der Waals surface area contributed by atoms with Gasteiger partial charge < -0.3 is 23.5 Å². The van der Waals surface area contributed by atoms with E-state index in [2.05, 4.69) is 0 Å². The number of nitro benzene ring substituents is 1. The molecule has 1 aliphatic rings. The summed E-state index contributed by atoms with van der Waals surface area (Å²) in [6.07, 6.45) is 0.505. The number of amides is 1. The molecule has 4 aromatic rings. The van der Waals surface area contributed by atoms with Crippen molar-refractivity contribution in [2.24, 2.45) is 0 Å². The number of methoxy groups -OCH3 is 2. The van der Waals surface area contributed by atoms with Crippen LogP contribution in [-0.4, -0.2) is 43.1 Å². The van der Waals surface area contributed by atoms with Crippen molar-refractivity contribution >= 4 is 34.2 Å². The number of aryl methyl sites for hydroxylation is 1. The Kier molecular flexibility index (Phi) is 7.36. The monoisotopic (exact) mass is 564 g/mol. The average Bonchev–Trinajstić information content (AvgIpc) is 2.94. The summed E-state index contributed by atoms with van der Waals surface area (Å²) < 4.78 is 22.5. The highest BCUT2D eigenvalue weighted by Gasteiger charge is 2.34. The van der Waals surface area contributed by atoms with Crippen LogP contribution >= 0.6 is 11.6 Å². The lowest BCUT2D eigenvalue weighted by Crippen LogP contribution is -2.42. The number of hydrogen-bond acceptors (Lipinski definition) is 8. The maximum atomic E-state index is 13.8. The second-order valence-corrected chi connectivity index (χ2v) is 9.72. The zero-order valence-electron chi connectivity index (χ0n) is 21.9. The maximum absolute atomic E-state index is 13.8. The lowest BCUT2D eigenvalue weighted by molar-refractivity contribution is -0.384. The van der Waals surface area contributed by atoms with E-state index in [0.717, 1.165) is 22.1 Å². The maximum Gasteiger partial charge on any atom is 0.336 e. The first kappa shape index (κ1) is 27.0. The fourth-order valence-electron chi connectivity index (χ4n) is 4.97. The molecule has 0 N–H and O–H groups in total. The van der Waals surface area contributed by atoms with Crippen molar-refractivity contribution in [3.8, 4) is 17.2 Å². The second-order valence-electron chi connectivity index (χ2n) is 9.31. The molecule has 0 spiro atoms. The van der Waals surface area contributed by atoms with Gasteiger partial charge in [-0.25, -0.2) is 4.79 Å². The van der Waals surface area contributed by atoms with E-state index in [4.69, 9.17) is 30.2 Å². The SMILES string of the molecule is COc1cc2c(cc1OC)C(COc1ccc3c(C)cc(=O)oc3c1)N(C(=O)c1cc([N+](=O)[O-])ccc1Cl)CC2. The highest BCUT2D eigenvalue weighted by molar-refractivity contribution is 6.34. The number of benzene rings is 3. The molecule has 1 amide bonds. The van der Waals surface area contributed by atoms with Crippen LogP contribution in [-0.2, 0) is 6.42 Å². The van der Waals surface area contributed by atoms with Crippen molar-refractivity contribution in [2.75, 3.05) is 27.4 Å². The Hall–Kier alpha value is -4.57. The Morgan fingerprint density at radius 3 is 2.58 bits per heavy atom. The van der Waals surface area contributed by atoms with Crippen LogP contribution in [0.15, 0.2) is 63.8 Å². The molecule has 5 rings (SSSR count). The lowest BCUT2D eigenvalue weighted by atomic mass is 9.91. The van der Waals surface area contributed by atoms with Gasteiger partial charge in [0, 0.05) is 36.2 Å². The van der Waals surface area contributed by atoms with Crippen LogP contribution in [0.3, 0.4) is 0 Å². The van der Waals surface area contributed by atoms with E-state index >= 15 is 0 Å². The number of hydrogen-bond donors (Lipinski definition) is 0. The Balaban J connectivity index is 1.54. The van der Waals surface area contributed by atoms with Crippen molar-refractivity contribution in [1.29, 1.82) is 0 Å². The molecule has 1 aliphatic heterocycles. The highest BCUT2D eigenvalue weighted by Crippen LogP contribution is 2.40. The molecule has 1 atom stereocenters. The van der Waals surface area contributed by atoms with Crippen LogP contribution in [0.1, 0.15) is 33.1 Å². The number of non-ortho nitro benzene ring substituents is 1. The second kappa shape index (κ2) is 10.9. The molecule has 0 fully saturated rings. The first-order valence-corrected chi connectivity index (χ1v) is 12.7. The van der Waals surface area contributed by atoms with Crippen LogP contribution in [0.25, 0.3) is 11.0 Å². The topological polar surface area (TPSA) is 121 Å². The summed E-state index contributed by atoms with van der Waals surface area (Å²) in [5, 5.41) is 12.3. The fourth-order valence-corrected chi connectivity index (χ4v) is 5.16. The minimum Gasteiger partial charge on any atom is -0.493 e. The molecular formula is C29H25ClN2O8. The number of fused-ring (bicyclic) bond motifs is 2. The molecule has 0 aliphatic carbocycles. The van der Waals surface area contributed by atoms with Crippen LogP contribution in [0, 0.1) is 17.0 Å². The van der Waals surface area contributed by atoms with Gasteiger partial charge >= 0.3 is 5.63 Å². The van der Waals surface area contributed by atoms with E-state index < -0.39 is 22.5 Å². The van der Waals surface area contributed by atoms with E-state index in [1.165, 1.54) is 31.4 Å². The van der Waals surface area contributed by atoms with E-state index in [1.807, 2.05) is 13.0 Å². The van der Waals surface area contributed by atoms with Gasteiger partial charge in [0.2, 0.25) is 0 Å². The molecule has 3 aromatic carbocycles. The van der Waals surface area contributed by atoms with Crippen LogP contribution in [0.2, 0.25) is 5.02 Å². The zero-order valence-corrected chi connectivity index (χ0v) is 22.7. The number of ether oxygens (including phenoxy) is 3. The number of nitrogens with zero attached hydrogens (tertiary/aromatic N) is 2. The van der Waals surface area contributed by atoms with Gasteiger partial charge in [-0.2, -0.15) is 0 Å². The molecule has 0 radical (unpaired) electrons. The van der Waals surface area contributed by atoms with Crippen molar-refractivity contribution in [3.63, 3.8) is 0 Å². The third-order valence-corrected chi connectivity index (χ3v) is 7.31. The predicted molar refractivity (Wildman–Crippen MR) is 148 cm³/mol. The first-order chi connectivity index (χ1) is 19.2. The van der Waals surface area contributed by atoms with Gasteiger partial charge in [0.25, 0.3) is 11.6 Å². The summed E-state index contributed by atoms with van der Waals surface area (Å²) in [4.78, 5) is 38.1. The largest absolute Gasteiger partial charge is 0.493 e. The van der Waals surface area contributed by atoms with Gasteiger partial charge in [-0.1, -0.05) is 11.6 Å². The lowest BCUT2D eigenvalue weighted by Gasteiger charge is -2.37. The normalized spacial score (nSPS) is 14.5. The molecule has 2 heterocycles. The van der Waals surface area contributed by atoms with E-state index in [1.54, 1.807) is 36.3 Å². The molecular weight excluding hydrogens is 540 g/mol. The van der Waals surface area contributed by atoms with Crippen LogP contribution < -0.4 is 19.8 Å². The Morgan fingerprint density at radius 1 is 1.10 bits per heavy atom. The predicted octanol–water partition coefficient (Wildman–Crippen LogP) is 5.50. The van der Waals surface area contributed by atoms with Gasteiger partial charge in [0.15, 0.2) is 11.5 Å². The van der Waals surface area contributed by atoms with Crippen molar-refractivity contribution < 1.29 is 28.3 Å². The molecule has 0 saturated heterocycles. The Morgan fingerprint density at radius 2 is 1.85 bits per heavy atom. The standard InChI is InChI=1S/C29H25ClN2O8/c1-16-10-28(33)40-25-13-19(5-6-20(16)25)39-15-24-21-14-27(38-3)26(37-2)11-17(21)8-9-31(24)29(34)22-12-18(32(35)36)4-7-23(22)30/h4-7,10-14,24H,8-9,15H2,1-3H3. The number of rotatable bonds is 7. The molecule has 11 heteroatoms. The first-order valence-electron chi connectivity index (χ1n) is 12.4. The quantitative estimate of drug-likeness (QED) is 0.164. The third-order valence-electron chi connectivity index (χ3n) is 6.99. The number of carbonyl (C=O) groups is 1. The van der Waals surface area contributed by atoms with Gasteiger partial charge in [0.1, 0.15) is 17.9 Å². The molecule has 0 saturated carbocycles. The van der Waals surface area contributed by atoms with Gasteiger partial charge in [0.05, 0.1) is 35.8 Å². The molecule has 10 nitrogen and oxygen atoms in total. The minimum atomic E-state index is -0.605. The van der Waals surface area contributed by atoms with Crippen molar-refractivity contribution in [2.45, 2.75) is 19.4 Å². The molecule has 206 valence electrons. The summed E-state index contributed by atoms with van der Waals surface area (Å²) in [5.41, 5.74) is 2.21. The number of carbonyl (C=O) groups excluding carboxylic acids is 1. The van der Waals surface area contributed by atoms with Gasteiger partial charge in [-0.15, -0.1) is 0 Å². The molecule has 1 aromatic heterocycles. The molecule has 1 unspecified atom stereocenters. The van der Waals surface area contributed by atoms with E-state index in [9.17, 15) is 19.7 Å². The summed E-state index contributed by atoms with van der Waals surface area (Å²) in [6, 6.07) is 13.5. The highest BCUT2D eigenvalue weighted by atomic mass is 35.5. The smallest absolute Gasteiger partial charge is 0.336 e. The third kappa shape index (κ3) is 5.05. The minimum absolute atomic E-state index is 0.0211. The average molecular weight is 565 g/mol.